The molecule has 0 aliphatic carbocycles. The third kappa shape index (κ3) is 4.35. The van der Waals surface area contributed by atoms with Gasteiger partial charge in [0.25, 0.3) is 5.91 Å². The van der Waals surface area contributed by atoms with E-state index in [2.05, 4.69) is 11.0 Å². The zero-order valence-electron chi connectivity index (χ0n) is 18.4. The molecule has 0 atom stereocenters. The highest BCUT2D eigenvalue weighted by Crippen LogP contribution is 2.39. The van der Waals surface area contributed by atoms with Gasteiger partial charge in [0, 0.05) is 37.8 Å². The summed E-state index contributed by atoms with van der Waals surface area (Å²) >= 11 is 0. The summed E-state index contributed by atoms with van der Waals surface area (Å²) in [6.07, 6.45) is 2.82. The number of likely N-dealkylation sites (N-methyl/N-ethyl adjacent to an activating group) is 1. The standard InChI is InChI=1S/C24H28N4O3/c1-24(2)13-18-19(14-25)23(26-22(20(18)15-31-24)28-11-7-8-12-28)30-16-21(29)27(3)17-9-5-4-6-10-17/h4-6,9-10H,7-8,11-13,15-16H2,1-3H3. The number of amides is 1. The highest BCUT2D eigenvalue weighted by molar-refractivity contribution is 5.93. The minimum absolute atomic E-state index is 0.189. The van der Waals surface area contributed by atoms with Crippen molar-refractivity contribution in [1.82, 2.24) is 4.98 Å². The van der Waals surface area contributed by atoms with Gasteiger partial charge in [-0.2, -0.15) is 10.2 Å². The molecule has 3 heterocycles. The molecular formula is C24H28N4O3. The molecule has 0 bridgehead atoms. The third-order valence-corrected chi connectivity index (χ3v) is 5.93. The van der Waals surface area contributed by atoms with Crippen LogP contribution in [0, 0.1) is 11.3 Å². The van der Waals surface area contributed by atoms with Crippen LogP contribution >= 0.6 is 0 Å². The van der Waals surface area contributed by atoms with E-state index < -0.39 is 0 Å². The van der Waals surface area contributed by atoms with Crippen LogP contribution in [0.5, 0.6) is 5.88 Å². The number of rotatable bonds is 5. The molecule has 0 spiro atoms. The smallest absolute Gasteiger partial charge is 0.264 e. The van der Waals surface area contributed by atoms with Gasteiger partial charge >= 0.3 is 0 Å². The van der Waals surface area contributed by atoms with E-state index in [1.807, 2.05) is 44.2 Å². The van der Waals surface area contributed by atoms with Gasteiger partial charge in [-0.1, -0.05) is 18.2 Å². The number of hydrogen-bond donors (Lipinski definition) is 0. The first kappa shape index (κ1) is 21.1. The number of ether oxygens (including phenoxy) is 2. The zero-order valence-corrected chi connectivity index (χ0v) is 18.4. The Labute approximate surface area is 183 Å². The maximum atomic E-state index is 12.7. The molecule has 1 fully saturated rings. The number of fused-ring (bicyclic) bond motifs is 1. The van der Waals surface area contributed by atoms with Crippen LogP contribution in [0.4, 0.5) is 11.5 Å². The lowest BCUT2D eigenvalue weighted by atomic mass is 9.89. The Morgan fingerprint density at radius 3 is 2.65 bits per heavy atom. The lowest BCUT2D eigenvalue weighted by Gasteiger charge is -2.35. The van der Waals surface area contributed by atoms with Gasteiger partial charge in [-0.25, -0.2) is 0 Å². The maximum Gasteiger partial charge on any atom is 0.264 e. The topological polar surface area (TPSA) is 78.7 Å². The van der Waals surface area contributed by atoms with Crippen LogP contribution in [0.25, 0.3) is 0 Å². The summed E-state index contributed by atoms with van der Waals surface area (Å²) in [6.45, 7) is 6.11. The van der Waals surface area contributed by atoms with Gasteiger partial charge in [0.05, 0.1) is 12.2 Å². The Hall–Kier alpha value is -3.11. The fourth-order valence-corrected chi connectivity index (χ4v) is 4.16. The fraction of sp³-hybridized carbons (Fsp3) is 0.458. The Morgan fingerprint density at radius 2 is 1.97 bits per heavy atom. The molecule has 1 amide bonds. The van der Waals surface area contributed by atoms with Gasteiger partial charge in [0.2, 0.25) is 5.88 Å². The van der Waals surface area contributed by atoms with Crippen molar-refractivity contribution in [2.45, 2.75) is 45.3 Å². The number of nitrogens with zero attached hydrogens (tertiary/aromatic N) is 4. The average molecular weight is 421 g/mol. The highest BCUT2D eigenvalue weighted by Gasteiger charge is 2.34. The van der Waals surface area contributed by atoms with Crippen LogP contribution in [0.2, 0.25) is 0 Å². The summed E-state index contributed by atoms with van der Waals surface area (Å²) in [5.74, 6) is 0.845. The summed E-state index contributed by atoms with van der Waals surface area (Å²) < 4.78 is 11.9. The van der Waals surface area contributed by atoms with E-state index in [0.717, 1.165) is 48.6 Å². The molecule has 1 aromatic heterocycles. The SMILES string of the molecule is CN(C(=O)COc1nc(N2CCCC2)c2c(c1C#N)CC(C)(C)OC2)c1ccccc1. The molecule has 4 rings (SSSR count). The second-order valence-electron chi connectivity index (χ2n) is 8.68. The highest BCUT2D eigenvalue weighted by atomic mass is 16.5. The molecule has 2 aromatic rings. The molecule has 0 N–H and O–H groups in total. The number of carbonyl (C=O) groups excluding carboxylic acids is 1. The van der Waals surface area contributed by atoms with E-state index in [9.17, 15) is 10.1 Å². The quantitative estimate of drug-likeness (QED) is 0.737. The fourth-order valence-electron chi connectivity index (χ4n) is 4.16. The Morgan fingerprint density at radius 1 is 1.26 bits per heavy atom. The molecule has 7 heteroatoms. The number of carbonyl (C=O) groups is 1. The van der Waals surface area contributed by atoms with Crippen molar-refractivity contribution in [2.75, 3.05) is 36.5 Å². The van der Waals surface area contributed by atoms with Crippen molar-refractivity contribution in [3.05, 3.63) is 47.0 Å². The number of benzene rings is 1. The van der Waals surface area contributed by atoms with Crippen LogP contribution in [0.3, 0.4) is 0 Å². The third-order valence-electron chi connectivity index (χ3n) is 5.93. The van der Waals surface area contributed by atoms with Crippen molar-refractivity contribution in [3.63, 3.8) is 0 Å². The minimum Gasteiger partial charge on any atom is -0.467 e. The van der Waals surface area contributed by atoms with Crippen LogP contribution in [0.15, 0.2) is 30.3 Å². The number of hydrogen-bond acceptors (Lipinski definition) is 6. The van der Waals surface area contributed by atoms with E-state index in [1.165, 1.54) is 0 Å². The van der Waals surface area contributed by atoms with Crippen LogP contribution in [-0.4, -0.2) is 43.2 Å². The van der Waals surface area contributed by atoms with Gasteiger partial charge in [-0.05, 0) is 44.4 Å². The maximum absolute atomic E-state index is 12.7. The Balaban J connectivity index is 1.64. The van der Waals surface area contributed by atoms with Gasteiger partial charge in [-0.3, -0.25) is 4.79 Å². The van der Waals surface area contributed by atoms with Gasteiger partial charge in [0.15, 0.2) is 6.61 Å². The average Bonchev–Trinajstić information content (AvgIpc) is 3.30. The summed E-state index contributed by atoms with van der Waals surface area (Å²) in [5.41, 5.74) is 2.71. The molecule has 31 heavy (non-hydrogen) atoms. The molecule has 0 unspecified atom stereocenters. The zero-order chi connectivity index (χ0) is 22.0. The van der Waals surface area contributed by atoms with E-state index in [-0.39, 0.29) is 24.0 Å². The number of para-hydroxylation sites is 1. The minimum atomic E-state index is -0.372. The van der Waals surface area contributed by atoms with E-state index >= 15 is 0 Å². The number of nitriles is 1. The second kappa shape index (κ2) is 8.56. The van der Waals surface area contributed by atoms with Crippen molar-refractivity contribution in [3.8, 4) is 11.9 Å². The van der Waals surface area contributed by atoms with Crippen molar-refractivity contribution >= 4 is 17.4 Å². The van der Waals surface area contributed by atoms with Crippen LogP contribution in [0.1, 0.15) is 43.4 Å². The molecule has 162 valence electrons. The predicted octanol–water partition coefficient (Wildman–Crippen LogP) is 3.45. The summed E-state index contributed by atoms with van der Waals surface area (Å²) in [6, 6.07) is 11.7. The first-order valence-corrected chi connectivity index (χ1v) is 10.7. The van der Waals surface area contributed by atoms with Crippen molar-refractivity contribution < 1.29 is 14.3 Å². The number of pyridine rings is 1. The van der Waals surface area contributed by atoms with E-state index in [0.29, 0.717) is 18.6 Å². The van der Waals surface area contributed by atoms with Crippen LogP contribution < -0.4 is 14.5 Å². The number of anilines is 2. The predicted molar refractivity (Wildman–Crippen MR) is 118 cm³/mol. The van der Waals surface area contributed by atoms with Gasteiger partial charge in [-0.15, -0.1) is 0 Å². The lowest BCUT2D eigenvalue weighted by molar-refractivity contribution is -0.120. The molecular weight excluding hydrogens is 392 g/mol. The summed E-state index contributed by atoms with van der Waals surface area (Å²) in [7, 11) is 1.71. The molecule has 7 nitrogen and oxygen atoms in total. The Kier molecular flexibility index (Phi) is 5.84. The van der Waals surface area contributed by atoms with Gasteiger partial charge < -0.3 is 19.3 Å². The lowest BCUT2D eigenvalue weighted by Crippen LogP contribution is -2.35. The monoisotopic (exact) mass is 420 g/mol. The molecule has 2 aliphatic rings. The summed E-state index contributed by atoms with van der Waals surface area (Å²) in [4.78, 5) is 21.2. The van der Waals surface area contributed by atoms with E-state index in [4.69, 9.17) is 14.5 Å². The first-order valence-electron chi connectivity index (χ1n) is 10.7. The normalized spacial score (nSPS) is 17.0. The molecule has 1 aromatic carbocycles. The van der Waals surface area contributed by atoms with Gasteiger partial charge in [0.1, 0.15) is 17.5 Å². The molecule has 2 aliphatic heterocycles. The summed E-state index contributed by atoms with van der Waals surface area (Å²) in [5, 5.41) is 9.93. The second-order valence-corrected chi connectivity index (χ2v) is 8.68. The van der Waals surface area contributed by atoms with Crippen molar-refractivity contribution in [1.29, 1.82) is 5.26 Å². The first-order chi connectivity index (χ1) is 14.9. The van der Waals surface area contributed by atoms with Crippen molar-refractivity contribution in [2.24, 2.45) is 0 Å². The van der Waals surface area contributed by atoms with Crippen LogP contribution in [-0.2, 0) is 22.6 Å². The molecule has 0 radical (unpaired) electrons. The Bertz CT molecular complexity index is 1010. The largest absolute Gasteiger partial charge is 0.467 e. The van der Waals surface area contributed by atoms with E-state index in [1.54, 1.807) is 11.9 Å². The molecule has 1 saturated heterocycles. The molecule has 0 saturated carbocycles. The number of aromatic nitrogens is 1.